The van der Waals surface area contributed by atoms with Crippen LogP contribution in [-0.2, 0) is 16.0 Å². The van der Waals surface area contributed by atoms with Crippen LogP contribution in [0.1, 0.15) is 12.0 Å². The van der Waals surface area contributed by atoms with Crippen molar-refractivity contribution in [1.29, 1.82) is 0 Å². The van der Waals surface area contributed by atoms with Gasteiger partial charge in [-0.25, -0.2) is 0 Å². The molecule has 3 rings (SSSR count). The Bertz CT molecular complexity index is 894. The smallest absolute Gasteiger partial charge is 0.276 e. The fourth-order valence-corrected chi connectivity index (χ4v) is 2.55. The van der Waals surface area contributed by atoms with E-state index in [0.29, 0.717) is 18.6 Å². The van der Waals surface area contributed by atoms with Gasteiger partial charge in [0.15, 0.2) is 6.61 Å². The van der Waals surface area contributed by atoms with Crippen molar-refractivity contribution in [2.75, 3.05) is 6.61 Å². The highest BCUT2D eigenvalue weighted by Gasteiger charge is 2.06. The molecule has 0 saturated heterocycles. The molecule has 0 radical (unpaired) electrons. The molecule has 5 heteroatoms. The van der Waals surface area contributed by atoms with Crippen molar-refractivity contribution in [3.05, 3.63) is 78.4 Å². The highest BCUT2D eigenvalue weighted by Crippen LogP contribution is 2.20. The second kappa shape index (κ2) is 8.67. The number of carbonyl (C=O) groups is 2. The number of benzene rings is 3. The Kier molecular flexibility index (Phi) is 5.83. The van der Waals surface area contributed by atoms with Crippen LogP contribution in [0.2, 0.25) is 0 Å². The summed E-state index contributed by atoms with van der Waals surface area (Å²) >= 11 is 0. The molecule has 0 spiro atoms. The number of nitrogens with one attached hydrogen (secondary N) is 2. The molecule has 0 aliphatic heterocycles. The molecule has 132 valence electrons. The van der Waals surface area contributed by atoms with E-state index in [0.717, 1.165) is 16.3 Å². The second-order valence-electron chi connectivity index (χ2n) is 5.88. The van der Waals surface area contributed by atoms with Crippen LogP contribution in [0.3, 0.4) is 0 Å². The minimum Gasteiger partial charge on any atom is -0.484 e. The fraction of sp³-hybridized carbons (Fsp3) is 0.143. The Morgan fingerprint density at radius 3 is 2.27 bits per heavy atom. The van der Waals surface area contributed by atoms with E-state index in [4.69, 9.17) is 4.74 Å². The normalized spacial score (nSPS) is 10.3. The molecule has 0 heterocycles. The van der Waals surface area contributed by atoms with Crippen molar-refractivity contribution in [3.63, 3.8) is 0 Å². The maximum absolute atomic E-state index is 11.8. The largest absolute Gasteiger partial charge is 0.484 e. The van der Waals surface area contributed by atoms with Crippen LogP contribution in [-0.4, -0.2) is 18.4 Å². The molecule has 2 N–H and O–H groups in total. The van der Waals surface area contributed by atoms with E-state index in [1.54, 1.807) is 0 Å². The molecule has 3 aromatic carbocycles. The van der Waals surface area contributed by atoms with E-state index in [1.807, 2.05) is 72.8 Å². The highest BCUT2D eigenvalue weighted by atomic mass is 16.5. The van der Waals surface area contributed by atoms with Gasteiger partial charge < -0.3 is 4.74 Å². The van der Waals surface area contributed by atoms with Crippen LogP contribution < -0.4 is 15.6 Å². The van der Waals surface area contributed by atoms with Gasteiger partial charge in [0, 0.05) is 6.42 Å². The van der Waals surface area contributed by atoms with E-state index in [9.17, 15) is 9.59 Å². The molecule has 0 saturated carbocycles. The number of rotatable bonds is 6. The van der Waals surface area contributed by atoms with Gasteiger partial charge in [-0.05, 0) is 34.9 Å². The first-order valence-corrected chi connectivity index (χ1v) is 8.44. The highest BCUT2D eigenvalue weighted by molar-refractivity contribution is 5.84. The monoisotopic (exact) mass is 348 g/mol. The van der Waals surface area contributed by atoms with E-state index in [-0.39, 0.29) is 12.5 Å². The van der Waals surface area contributed by atoms with E-state index in [1.165, 1.54) is 0 Å². The first-order chi connectivity index (χ1) is 12.7. The lowest BCUT2D eigenvalue weighted by Crippen LogP contribution is -2.43. The zero-order chi connectivity index (χ0) is 18.2. The molecule has 0 atom stereocenters. The van der Waals surface area contributed by atoms with Crippen LogP contribution in [0, 0.1) is 0 Å². The first kappa shape index (κ1) is 17.5. The summed E-state index contributed by atoms with van der Waals surface area (Å²) in [6.45, 7) is -0.169. The van der Waals surface area contributed by atoms with Gasteiger partial charge in [0.25, 0.3) is 5.91 Å². The maximum atomic E-state index is 11.8. The summed E-state index contributed by atoms with van der Waals surface area (Å²) in [5.74, 6) is -0.0478. The predicted molar refractivity (Wildman–Crippen MR) is 100 cm³/mol. The van der Waals surface area contributed by atoms with Gasteiger partial charge in [-0.1, -0.05) is 60.7 Å². The van der Waals surface area contributed by atoms with E-state index >= 15 is 0 Å². The molecule has 3 aromatic rings. The number of fused-ring (bicyclic) bond motifs is 1. The molecule has 0 fully saturated rings. The van der Waals surface area contributed by atoms with Crippen molar-refractivity contribution in [2.45, 2.75) is 12.8 Å². The Morgan fingerprint density at radius 2 is 1.46 bits per heavy atom. The van der Waals surface area contributed by atoms with E-state index < -0.39 is 5.91 Å². The van der Waals surface area contributed by atoms with Crippen molar-refractivity contribution >= 4 is 22.6 Å². The summed E-state index contributed by atoms with van der Waals surface area (Å²) in [4.78, 5) is 23.6. The van der Waals surface area contributed by atoms with Gasteiger partial charge in [-0.2, -0.15) is 0 Å². The lowest BCUT2D eigenvalue weighted by atomic mass is 10.1. The van der Waals surface area contributed by atoms with Gasteiger partial charge in [0.05, 0.1) is 0 Å². The lowest BCUT2D eigenvalue weighted by molar-refractivity contribution is -0.130. The van der Waals surface area contributed by atoms with Crippen LogP contribution in [0.5, 0.6) is 5.75 Å². The van der Waals surface area contributed by atoms with Gasteiger partial charge >= 0.3 is 0 Å². The third kappa shape index (κ3) is 5.08. The molecule has 26 heavy (non-hydrogen) atoms. The third-order valence-electron chi connectivity index (χ3n) is 3.92. The molecule has 5 nitrogen and oxygen atoms in total. The van der Waals surface area contributed by atoms with Crippen molar-refractivity contribution in [1.82, 2.24) is 10.9 Å². The quantitative estimate of drug-likeness (QED) is 0.673. The number of hydrogen-bond acceptors (Lipinski definition) is 3. The number of amides is 2. The van der Waals surface area contributed by atoms with Gasteiger partial charge in [-0.3, -0.25) is 20.4 Å². The molecule has 0 bridgehead atoms. The topological polar surface area (TPSA) is 67.4 Å². The number of carbonyl (C=O) groups excluding carboxylic acids is 2. The summed E-state index contributed by atoms with van der Waals surface area (Å²) < 4.78 is 5.47. The lowest BCUT2D eigenvalue weighted by Gasteiger charge is -2.09. The zero-order valence-electron chi connectivity index (χ0n) is 14.3. The molecular weight excluding hydrogens is 328 g/mol. The minimum atomic E-state index is -0.411. The summed E-state index contributed by atoms with van der Waals surface area (Å²) in [6.07, 6.45) is 0.923. The summed E-state index contributed by atoms with van der Waals surface area (Å²) in [6, 6.07) is 23.2. The number of hydrazine groups is 1. The molecule has 0 aliphatic carbocycles. The Morgan fingerprint density at radius 1 is 0.769 bits per heavy atom. The van der Waals surface area contributed by atoms with Crippen LogP contribution in [0.25, 0.3) is 10.8 Å². The first-order valence-electron chi connectivity index (χ1n) is 8.44. The SMILES string of the molecule is O=C(CCc1ccccc1)NNC(=O)COc1ccc2ccccc2c1. The van der Waals surface area contributed by atoms with E-state index in [2.05, 4.69) is 10.9 Å². The minimum absolute atomic E-state index is 0.169. The van der Waals surface area contributed by atoms with Crippen LogP contribution in [0.4, 0.5) is 0 Å². The number of ether oxygens (including phenoxy) is 1. The van der Waals surface area contributed by atoms with Crippen molar-refractivity contribution in [3.8, 4) is 5.75 Å². The average Bonchev–Trinajstić information content (AvgIpc) is 2.69. The van der Waals surface area contributed by atoms with Crippen LogP contribution in [0.15, 0.2) is 72.8 Å². The Labute approximate surface area is 152 Å². The third-order valence-corrected chi connectivity index (χ3v) is 3.92. The number of aryl methyl sites for hydroxylation is 1. The molecular formula is C21H20N2O3. The zero-order valence-corrected chi connectivity index (χ0v) is 14.3. The number of hydrogen-bond donors (Lipinski definition) is 2. The Hall–Kier alpha value is -3.34. The summed E-state index contributed by atoms with van der Waals surface area (Å²) in [5.41, 5.74) is 5.84. The molecule has 2 amide bonds. The van der Waals surface area contributed by atoms with Gasteiger partial charge in [0.1, 0.15) is 5.75 Å². The van der Waals surface area contributed by atoms with Crippen molar-refractivity contribution in [2.24, 2.45) is 0 Å². The van der Waals surface area contributed by atoms with Gasteiger partial charge in [-0.15, -0.1) is 0 Å². The average molecular weight is 348 g/mol. The van der Waals surface area contributed by atoms with Crippen LogP contribution >= 0.6 is 0 Å². The van der Waals surface area contributed by atoms with Crippen molar-refractivity contribution < 1.29 is 14.3 Å². The standard InChI is InChI=1S/C21H20N2O3/c24-20(13-10-16-6-2-1-3-7-16)22-23-21(25)15-26-19-12-11-17-8-4-5-9-18(17)14-19/h1-9,11-12,14H,10,13,15H2,(H,22,24)(H,23,25). The molecule has 0 aliphatic rings. The summed E-state index contributed by atoms with van der Waals surface area (Å²) in [7, 11) is 0. The predicted octanol–water partition coefficient (Wildman–Crippen LogP) is 3.00. The maximum Gasteiger partial charge on any atom is 0.276 e. The molecule has 0 aromatic heterocycles. The Balaban J connectivity index is 1.40. The van der Waals surface area contributed by atoms with Gasteiger partial charge in [0.2, 0.25) is 5.91 Å². The summed E-state index contributed by atoms with van der Waals surface area (Å²) in [5, 5.41) is 2.15. The second-order valence-corrected chi connectivity index (χ2v) is 5.88. The molecule has 0 unspecified atom stereocenters. The fourth-order valence-electron chi connectivity index (χ4n) is 2.55.